The third-order valence-electron chi connectivity index (χ3n) is 8.64. The van der Waals surface area contributed by atoms with E-state index in [1.54, 1.807) is 4.90 Å². The third kappa shape index (κ3) is 5.15. The van der Waals surface area contributed by atoms with Crippen molar-refractivity contribution in [2.75, 3.05) is 44.2 Å². The highest BCUT2D eigenvalue weighted by atomic mass is 35.5. The van der Waals surface area contributed by atoms with Gasteiger partial charge in [0.05, 0.1) is 54.9 Å². The molecule has 0 bridgehead atoms. The second kappa shape index (κ2) is 11.2. The molecule has 17 heteroatoms. The Bertz CT molecular complexity index is 1570. The number of carboxylic acids is 1. The molecule has 4 aliphatic rings. The number of carbonyl (C=O) groups is 4. The molecule has 0 radical (unpaired) electrons. The van der Waals surface area contributed by atoms with E-state index in [1.807, 2.05) is 0 Å². The second-order valence-corrected chi connectivity index (χ2v) is 13.4. The zero-order valence-electron chi connectivity index (χ0n) is 22.7. The summed E-state index contributed by atoms with van der Waals surface area (Å²) >= 11 is 8.50. The van der Waals surface area contributed by atoms with Crippen molar-refractivity contribution in [3.05, 3.63) is 39.8 Å². The zero-order chi connectivity index (χ0) is 30.6. The minimum Gasteiger partial charge on any atom is -0.543 e. The lowest BCUT2D eigenvalue weighted by atomic mass is 10.0. The molecule has 0 aliphatic carbocycles. The van der Waals surface area contributed by atoms with Gasteiger partial charge in [-0.25, -0.2) is 4.98 Å². The summed E-state index contributed by atoms with van der Waals surface area (Å²) in [6.07, 6.45) is 1.58. The number of β-lactam (4-membered cyclic amide) rings is 1. The smallest absolute Gasteiger partial charge is 0.255 e. The van der Waals surface area contributed by atoms with Gasteiger partial charge in [-0.3, -0.25) is 19.3 Å². The number of nitrogens with zero attached hydrogens (tertiary/aromatic N) is 5. The molecule has 14 nitrogen and oxygen atoms in total. The van der Waals surface area contributed by atoms with Gasteiger partial charge in [0.1, 0.15) is 24.0 Å². The van der Waals surface area contributed by atoms with Crippen molar-refractivity contribution in [3.63, 3.8) is 0 Å². The number of nitrogen functional groups attached to an aromatic ring is 1. The number of hydrogen-bond donors (Lipinski definition) is 4. The number of fused-ring (bicyclic) bond motifs is 2. The average Bonchev–Trinajstić information content (AvgIpc) is 3.58. The lowest BCUT2D eigenvalue weighted by Gasteiger charge is -2.52. The van der Waals surface area contributed by atoms with Crippen molar-refractivity contribution in [2.45, 2.75) is 36.7 Å². The van der Waals surface area contributed by atoms with Crippen molar-refractivity contribution >= 4 is 63.7 Å². The van der Waals surface area contributed by atoms with E-state index in [1.165, 1.54) is 28.8 Å². The molecule has 4 aliphatic heterocycles. The van der Waals surface area contributed by atoms with Crippen LogP contribution in [-0.4, -0.2) is 113 Å². The topological polar surface area (TPSA) is 202 Å². The molecule has 3 saturated heterocycles. The van der Waals surface area contributed by atoms with E-state index in [9.17, 15) is 34.5 Å². The van der Waals surface area contributed by atoms with Crippen LogP contribution in [0.15, 0.2) is 23.4 Å². The van der Waals surface area contributed by atoms with Crippen LogP contribution in [0.1, 0.15) is 29.0 Å². The van der Waals surface area contributed by atoms with Gasteiger partial charge in [0.25, 0.3) is 11.8 Å². The van der Waals surface area contributed by atoms with Crippen LogP contribution in [0, 0.1) is 0 Å². The maximum absolute atomic E-state index is 13.3. The number of phenols is 2. The number of carbonyl (C=O) groups excluding carboxylic acids is 4. The zero-order valence-corrected chi connectivity index (χ0v) is 25.1. The number of carboxylic acid groups (broad SMARTS) is 1. The Morgan fingerprint density at radius 3 is 2.77 bits per heavy atom. The van der Waals surface area contributed by atoms with Gasteiger partial charge in [0.15, 0.2) is 22.5 Å². The molecule has 3 fully saturated rings. The number of benzene rings is 1. The van der Waals surface area contributed by atoms with Crippen LogP contribution in [0.2, 0.25) is 5.02 Å². The summed E-state index contributed by atoms with van der Waals surface area (Å²) in [5.41, 5.74) is 6.11. The largest absolute Gasteiger partial charge is 0.543 e. The normalized spacial score (nSPS) is 26.5. The number of aliphatic carboxylic acids is 1. The number of hydrogen-bond acceptors (Lipinski definition) is 12. The Balaban J connectivity index is 1.16. The van der Waals surface area contributed by atoms with Gasteiger partial charge in [-0.1, -0.05) is 11.6 Å². The molecule has 2 aromatic rings. The van der Waals surface area contributed by atoms with Gasteiger partial charge in [0.2, 0.25) is 5.91 Å². The molecule has 43 heavy (non-hydrogen) atoms. The summed E-state index contributed by atoms with van der Waals surface area (Å²) in [6.45, 7) is 2.56. The number of rotatable bonds is 7. The number of amides is 3. The van der Waals surface area contributed by atoms with Gasteiger partial charge in [-0.05, 0) is 12.1 Å². The first-order valence-electron chi connectivity index (χ1n) is 13.6. The molecule has 5 N–H and O–H groups in total. The number of nitrogens with one attached hydrogen (secondary N) is 1. The number of piperazine rings is 1. The van der Waals surface area contributed by atoms with Gasteiger partial charge >= 0.3 is 0 Å². The van der Waals surface area contributed by atoms with Crippen molar-refractivity contribution in [3.8, 4) is 11.5 Å². The minimum atomic E-state index is -1.44. The van der Waals surface area contributed by atoms with Crippen LogP contribution < -0.4 is 16.2 Å². The summed E-state index contributed by atoms with van der Waals surface area (Å²) in [5, 5.41) is 34.2. The molecular formula is C26H28ClN7O7S2. The van der Waals surface area contributed by atoms with Gasteiger partial charge in [-0.15, -0.1) is 11.8 Å². The molecule has 1 aromatic heterocycles. The van der Waals surface area contributed by atoms with Crippen molar-refractivity contribution in [2.24, 2.45) is 0 Å². The Hall–Kier alpha value is -3.60. The fourth-order valence-corrected chi connectivity index (χ4v) is 8.59. The Morgan fingerprint density at radius 1 is 1.26 bits per heavy atom. The van der Waals surface area contributed by atoms with Crippen LogP contribution in [-0.2, 0) is 20.8 Å². The fourth-order valence-electron chi connectivity index (χ4n) is 6.56. The molecule has 5 heterocycles. The summed E-state index contributed by atoms with van der Waals surface area (Å²) in [7, 11) is 0. The van der Waals surface area contributed by atoms with Gasteiger partial charge in [-0.2, -0.15) is 4.37 Å². The van der Waals surface area contributed by atoms with E-state index in [0.29, 0.717) is 42.0 Å². The number of anilines is 1. The fraction of sp³-hybridized carbons (Fsp3) is 0.462. The van der Waals surface area contributed by atoms with Crippen LogP contribution in [0.4, 0.5) is 5.13 Å². The maximum atomic E-state index is 13.3. The number of aromatic nitrogens is 2. The molecule has 3 amide bonds. The highest BCUT2D eigenvalue weighted by Crippen LogP contribution is 2.43. The molecule has 4 atom stereocenters. The van der Waals surface area contributed by atoms with Crippen molar-refractivity contribution < 1.29 is 39.0 Å². The quantitative estimate of drug-likeness (QED) is 0.167. The number of phenolic OH excluding ortho intramolecular Hbond substituents is 2. The van der Waals surface area contributed by atoms with E-state index in [2.05, 4.69) is 14.7 Å². The first kappa shape index (κ1) is 29.5. The lowest BCUT2D eigenvalue weighted by molar-refractivity contribution is -0.938. The predicted molar refractivity (Wildman–Crippen MR) is 154 cm³/mol. The number of quaternary nitrogens is 1. The van der Waals surface area contributed by atoms with Crippen molar-refractivity contribution in [1.82, 2.24) is 24.5 Å². The van der Waals surface area contributed by atoms with Crippen LogP contribution >= 0.6 is 34.9 Å². The molecule has 0 spiro atoms. The van der Waals surface area contributed by atoms with E-state index < -0.39 is 40.7 Å². The summed E-state index contributed by atoms with van der Waals surface area (Å²) in [5.74, 6) is -3.14. The summed E-state index contributed by atoms with van der Waals surface area (Å²) in [6, 6.07) is 1.76. The van der Waals surface area contributed by atoms with E-state index in [-0.39, 0.29) is 45.6 Å². The third-order valence-corrected chi connectivity index (χ3v) is 10.9. The molecule has 6 rings (SSSR count). The van der Waals surface area contributed by atoms with E-state index in [4.69, 9.17) is 17.3 Å². The molecule has 0 saturated carbocycles. The first-order chi connectivity index (χ1) is 20.5. The first-order valence-corrected chi connectivity index (χ1v) is 15.8. The predicted octanol–water partition coefficient (Wildman–Crippen LogP) is -0.733. The molecular weight excluding hydrogens is 622 g/mol. The van der Waals surface area contributed by atoms with Gasteiger partial charge < -0.3 is 40.5 Å². The van der Waals surface area contributed by atoms with Crippen LogP contribution in [0.25, 0.3) is 0 Å². The summed E-state index contributed by atoms with van der Waals surface area (Å²) < 4.78 is 4.56. The molecule has 2 unspecified atom stereocenters. The minimum absolute atomic E-state index is 0.0351. The van der Waals surface area contributed by atoms with Gasteiger partial charge in [0, 0.05) is 35.7 Å². The number of thioether (sulfide) groups is 1. The summed E-state index contributed by atoms with van der Waals surface area (Å²) in [4.78, 5) is 58.2. The van der Waals surface area contributed by atoms with E-state index in [0.717, 1.165) is 30.9 Å². The number of aromatic hydroxyl groups is 2. The van der Waals surface area contributed by atoms with Crippen molar-refractivity contribution in [1.29, 1.82) is 0 Å². The van der Waals surface area contributed by atoms with Crippen LogP contribution in [0.3, 0.4) is 0 Å². The van der Waals surface area contributed by atoms with E-state index >= 15 is 0 Å². The highest BCUT2D eigenvalue weighted by Gasteiger charge is 2.55. The Kier molecular flexibility index (Phi) is 7.64. The second-order valence-electron chi connectivity index (χ2n) is 11.1. The maximum Gasteiger partial charge on any atom is 0.255 e. The number of nitrogens with two attached hydrogens (primary N) is 1. The average molecular weight is 650 g/mol. The number of halogens is 1. The molecule has 228 valence electrons. The highest BCUT2D eigenvalue weighted by molar-refractivity contribution is 8.00. The molecule has 1 aromatic carbocycles. The monoisotopic (exact) mass is 649 g/mol. The Labute approximate surface area is 258 Å². The van der Waals surface area contributed by atoms with Crippen LogP contribution in [0.5, 0.6) is 11.5 Å². The SMILES string of the molecule is Nc1nc(CC(=O)N[C@@H]2C(=O)N3C(C(=O)[O-])=C(C[N+]45CCCC4CN(C(=O)c4ccc(O)c(O)c4Cl)CC5)CS[C@H]23)ns1. The Morgan fingerprint density at radius 2 is 2.05 bits per heavy atom. The lowest BCUT2D eigenvalue weighted by Crippen LogP contribution is -2.72. The standard InChI is InChI=1S/C26H28ClN7O7S2/c27-18-14(3-4-15(35)21(18)37)22(38)32-5-7-34(6-1-2-13(34)9-32)10-12-11-42-24-19(23(39)33(24)20(12)25(40)41)30-17(36)8-16-29-26(28)43-31-16/h3-4,13,19,24H,1-2,5-11H2,(H5-,28,29,30,31,35,36,37,38,40,41)/t13?,19-,24-,34?/m1/s1.